The highest BCUT2D eigenvalue weighted by Crippen LogP contribution is 2.17. The molecule has 1 N–H and O–H groups in total. The molecule has 1 aliphatic rings. The molecule has 2 aromatic carbocycles. The Morgan fingerprint density at radius 2 is 1.64 bits per heavy atom. The second-order valence-electron chi connectivity index (χ2n) is 6.38. The van der Waals surface area contributed by atoms with Gasteiger partial charge < -0.3 is 24.4 Å². The van der Waals surface area contributed by atoms with Crippen molar-refractivity contribution in [1.82, 2.24) is 4.90 Å². The highest BCUT2D eigenvalue weighted by atomic mass is 16.5. The number of morpholine rings is 1. The largest absolute Gasteiger partial charge is 0.497 e. The standard InChI is InChI=1S/C21H24N2O5/c1-26-18-6-8-19(9-7-18)28-15-20(24)22-17-4-2-16(3-5-17)14-21(25)23-10-12-27-13-11-23/h2-9H,10-15H2,1H3,(H,22,24). The fourth-order valence-corrected chi connectivity index (χ4v) is 2.82. The molecule has 0 bridgehead atoms. The molecule has 3 rings (SSSR count). The second-order valence-corrected chi connectivity index (χ2v) is 6.38. The van der Waals surface area contributed by atoms with E-state index in [1.165, 1.54) is 0 Å². The third kappa shape index (κ3) is 5.72. The van der Waals surface area contributed by atoms with Crippen LogP contribution in [-0.4, -0.2) is 56.7 Å². The monoisotopic (exact) mass is 384 g/mol. The quantitative estimate of drug-likeness (QED) is 0.791. The first-order valence-corrected chi connectivity index (χ1v) is 9.15. The number of methoxy groups -OCH3 is 1. The van der Waals surface area contributed by atoms with Crippen molar-refractivity contribution in [2.24, 2.45) is 0 Å². The van der Waals surface area contributed by atoms with Crippen LogP contribution in [0.5, 0.6) is 11.5 Å². The lowest BCUT2D eigenvalue weighted by molar-refractivity contribution is -0.134. The zero-order chi connectivity index (χ0) is 19.8. The topological polar surface area (TPSA) is 77.1 Å². The van der Waals surface area contributed by atoms with Crippen LogP contribution in [0.2, 0.25) is 0 Å². The Morgan fingerprint density at radius 1 is 1.00 bits per heavy atom. The molecule has 2 amide bonds. The number of benzene rings is 2. The predicted molar refractivity (Wildman–Crippen MR) is 105 cm³/mol. The van der Waals surface area contributed by atoms with Crippen LogP contribution >= 0.6 is 0 Å². The van der Waals surface area contributed by atoms with Gasteiger partial charge in [-0.1, -0.05) is 12.1 Å². The smallest absolute Gasteiger partial charge is 0.262 e. The summed E-state index contributed by atoms with van der Waals surface area (Å²) < 4.78 is 15.8. The molecule has 0 unspecified atom stereocenters. The Bertz CT molecular complexity index is 783. The third-order valence-corrected chi connectivity index (χ3v) is 4.39. The van der Waals surface area contributed by atoms with E-state index in [0.717, 1.165) is 11.3 Å². The summed E-state index contributed by atoms with van der Waals surface area (Å²) in [4.78, 5) is 26.1. The minimum atomic E-state index is -0.257. The minimum absolute atomic E-state index is 0.0907. The van der Waals surface area contributed by atoms with Gasteiger partial charge in [0, 0.05) is 18.8 Å². The van der Waals surface area contributed by atoms with Crippen LogP contribution in [0.4, 0.5) is 5.69 Å². The Hall–Kier alpha value is -3.06. The van der Waals surface area contributed by atoms with Crippen molar-refractivity contribution < 1.29 is 23.8 Å². The average Bonchev–Trinajstić information content (AvgIpc) is 2.74. The molecule has 1 saturated heterocycles. The summed E-state index contributed by atoms with van der Waals surface area (Å²) in [7, 11) is 1.59. The molecule has 0 atom stereocenters. The van der Waals surface area contributed by atoms with Gasteiger partial charge in [-0.25, -0.2) is 0 Å². The van der Waals surface area contributed by atoms with Crippen molar-refractivity contribution >= 4 is 17.5 Å². The summed E-state index contributed by atoms with van der Waals surface area (Å²) in [6, 6.07) is 14.3. The summed E-state index contributed by atoms with van der Waals surface area (Å²) in [5, 5.41) is 2.78. The van der Waals surface area contributed by atoms with Crippen molar-refractivity contribution in [3.05, 3.63) is 54.1 Å². The van der Waals surface area contributed by atoms with Crippen molar-refractivity contribution in [1.29, 1.82) is 0 Å². The van der Waals surface area contributed by atoms with E-state index < -0.39 is 0 Å². The number of carbonyl (C=O) groups is 2. The van der Waals surface area contributed by atoms with Crippen LogP contribution in [0, 0.1) is 0 Å². The van der Waals surface area contributed by atoms with E-state index in [4.69, 9.17) is 14.2 Å². The fraction of sp³-hybridized carbons (Fsp3) is 0.333. The predicted octanol–water partition coefficient (Wildman–Crippen LogP) is 2.11. The summed E-state index contributed by atoms with van der Waals surface area (Å²) in [5.41, 5.74) is 1.56. The zero-order valence-electron chi connectivity index (χ0n) is 15.8. The molecule has 2 aromatic rings. The molecule has 7 heteroatoms. The first-order chi connectivity index (χ1) is 13.6. The lowest BCUT2D eigenvalue weighted by Crippen LogP contribution is -2.41. The van der Waals surface area contributed by atoms with E-state index in [9.17, 15) is 9.59 Å². The number of rotatable bonds is 7. The van der Waals surface area contributed by atoms with Gasteiger partial charge in [0.15, 0.2) is 6.61 Å². The number of ether oxygens (including phenoxy) is 3. The molecular formula is C21H24N2O5. The van der Waals surface area contributed by atoms with Crippen LogP contribution in [0.25, 0.3) is 0 Å². The number of nitrogens with zero attached hydrogens (tertiary/aromatic N) is 1. The Kier molecular flexibility index (Phi) is 6.86. The van der Waals surface area contributed by atoms with Gasteiger partial charge in [0.05, 0.1) is 26.7 Å². The van der Waals surface area contributed by atoms with Crippen molar-refractivity contribution in [2.45, 2.75) is 6.42 Å². The molecule has 1 heterocycles. The normalized spacial score (nSPS) is 13.7. The maximum Gasteiger partial charge on any atom is 0.262 e. The third-order valence-electron chi connectivity index (χ3n) is 4.39. The second kappa shape index (κ2) is 9.75. The molecule has 28 heavy (non-hydrogen) atoms. The van der Waals surface area contributed by atoms with Crippen molar-refractivity contribution in [3.63, 3.8) is 0 Å². The van der Waals surface area contributed by atoms with Crippen LogP contribution in [0.1, 0.15) is 5.56 Å². The van der Waals surface area contributed by atoms with E-state index in [0.29, 0.717) is 44.2 Å². The Labute approximate surface area is 164 Å². The first kappa shape index (κ1) is 19.7. The number of hydrogen-bond donors (Lipinski definition) is 1. The van der Waals surface area contributed by atoms with Crippen molar-refractivity contribution in [3.8, 4) is 11.5 Å². The minimum Gasteiger partial charge on any atom is -0.497 e. The van der Waals surface area contributed by atoms with Gasteiger partial charge in [-0.05, 0) is 42.0 Å². The van der Waals surface area contributed by atoms with Crippen LogP contribution < -0.4 is 14.8 Å². The molecule has 0 radical (unpaired) electrons. The maximum atomic E-state index is 12.3. The Balaban J connectivity index is 1.45. The van der Waals surface area contributed by atoms with E-state index in [-0.39, 0.29) is 18.4 Å². The van der Waals surface area contributed by atoms with Crippen LogP contribution in [-0.2, 0) is 20.7 Å². The maximum absolute atomic E-state index is 12.3. The van der Waals surface area contributed by atoms with Gasteiger partial charge >= 0.3 is 0 Å². The van der Waals surface area contributed by atoms with Crippen LogP contribution in [0.15, 0.2) is 48.5 Å². The molecule has 7 nitrogen and oxygen atoms in total. The molecular weight excluding hydrogens is 360 g/mol. The van der Waals surface area contributed by atoms with E-state index in [1.807, 2.05) is 17.0 Å². The summed E-state index contributed by atoms with van der Waals surface area (Å²) >= 11 is 0. The molecule has 148 valence electrons. The highest BCUT2D eigenvalue weighted by Gasteiger charge is 2.16. The lowest BCUT2D eigenvalue weighted by atomic mass is 10.1. The SMILES string of the molecule is COc1ccc(OCC(=O)Nc2ccc(CC(=O)N3CCOCC3)cc2)cc1. The molecule has 0 saturated carbocycles. The first-order valence-electron chi connectivity index (χ1n) is 9.15. The lowest BCUT2D eigenvalue weighted by Gasteiger charge is -2.26. The van der Waals surface area contributed by atoms with Gasteiger partial charge in [-0.3, -0.25) is 9.59 Å². The molecule has 1 aliphatic heterocycles. The van der Waals surface area contributed by atoms with Gasteiger partial charge in [-0.2, -0.15) is 0 Å². The van der Waals surface area contributed by atoms with Crippen LogP contribution in [0.3, 0.4) is 0 Å². The number of carbonyl (C=O) groups excluding carboxylic acids is 2. The molecule has 0 spiro atoms. The highest BCUT2D eigenvalue weighted by molar-refractivity contribution is 5.92. The van der Waals surface area contributed by atoms with Gasteiger partial charge in [0.2, 0.25) is 5.91 Å². The number of hydrogen-bond acceptors (Lipinski definition) is 5. The summed E-state index contributed by atoms with van der Waals surface area (Å²) in [5.74, 6) is 1.15. The van der Waals surface area contributed by atoms with E-state index >= 15 is 0 Å². The molecule has 0 aliphatic carbocycles. The molecule has 1 fully saturated rings. The number of nitrogens with one attached hydrogen (secondary N) is 1. The number of anilines is 1. The summed E-state index contributed by atoms with van der Waals surface area (Å²) in [6.07, 6.45) is 0.342. The zero-order valence-corrected chi connectivity index (χ0v) is 15.8. The summed E-state index contributed by atoms with van der Waals surface area (Å²) in [6.45, 7) is 2.37. The molecule has 0 aromatic heterocycles. The van der Waals surface area contributed by atoms with E-state index in [2.05, 4.69) is 5.32 Å². The van der Waals surface area contributed by atoms with Crippen molar-refractivity contribution in [2.75, 3.05) is 45.3 Å². The fourth-order valence-electron chi connectivity index (χ4n) is 2.82. The average molecular weight is 384 g/mol. The van der Waals surface area contributed by atoms with Gasteiger partial charge in [0.25, 0.3) is 5.91 Å². The number of amides is 2. The van der Waals surface area contributed by atoms with E-state index in [1.54, 1.807) is 43.5 Å². The van der Waals surface area contributed by atoms with Gasteiger partial charge in [-0.15, -0.1) is 0 Å². The Morgan fingerprint density at radius 3 is 2.29 bits per heavy atom. The van der Waals surface area contributed by atoms with Gasteiger partial charge in [0.1, 0.15) is 11.5 Å².